The van der Waals surface area contributed by atoms with Gasteiger partial charge in [-0.1, -0.05) is 66.2 Å². The number of hydrogen-bond donors (Lipinski definition) is 2. The molecule has 0 bridgehead atoms. The molecular weight excluding hydrogens is 588 g/mol. The third kappa shape index (κ3) is 6.77. The van der Waals surface area contributed by atoms with Gasteiger partial charge in [0.15, 0.2) is 0 Å². The maximum absolute atomic E-state index is 13.5. The molecule has 0 heterocycles. The molecule has 0 aromatic heterocycles. The van der Waals surface area contributed by atoms with Crippen LogP contribution >= 0.6 is 23.2 Å². The molecule has 2 N–H and O–H groups in total. The van der Waals surface area contributed by atoms with Gasteiger partial charge < -0.3 is 15.2 Å². The number of halogens is 2. The number of ether oxygens (including phenoxy) is 1. The number of rotatable bonds is 8. The van der Waals surface area contributed by atoms with Crippen molar-refractivity contribution in [2.45, 2.75) is 25.2 Å². The number of fused-ring (bicyclic) bond motifs is 1. The summed E-state index contributed by atoms with van der Waals surface area (Å²) in [6, 6.07) is 15.5. The van der Waals surface area contributed by atoms with E-state index in [4.69, 9.17) is 27.9 Å². The summed E-state index contributed by atoms with van der Waals surface area (Å²) < 4.78 is 38.1. The van der Waals surface area contributed by atoms with Crippen LogP contribution in [-0.2, 0) is 16.5 Å². The Morgan fingerprint density at radius 3 is 2.38 bits per heavy atom. The predicted octanol–water partition coefficient (Wildman–Crippen LogP) is 4.10. The molecule has 0 radical (unpaired) electrons. The Balaban J connectivity index is 0.00000441. The molecule has 0 atom stereocenters. The molecule has 4 aromatic carbocycles. The molecule has 13 heteroatoms. The SMILES string of the molecule is CCOc1cccc(Cl)c1NC(=O)c1cc2ccccc2c(N=Nc2c(Cl)cc(S(=O)(=O)O)cc2CC)c1[O-].[Na+]. The van der Waals surface area contributed by atoms with Crippen LogP contribution in [-0.4, -0.2) is 25.5 Å². The molecule has 0 aliphatic carbocycles. The molecule has 4 rings (SSSR count). The van der Waals surface area contributed by atoms with Gasteiger partial charge >= 0.3 is 29.6 Å². The van der Waals surface area contributed by atoms with Gasteiger partial charge in [0, 0.05) is 10.9 Å². The van der Waals surface area contributed by atoms with Crippen LogP contribution in [0.4, 0.5) is 17.1 Å². The maximum atomic E-state index is 13.5. The van der Waals surface area contributed by atoms with Crippen LogP contribution < -0.4 is 44.7 Å². The van der Waals surface area contributed by atoms with Gasteiger partial charge in [-0.15, -0.1) is 5.11 Å². The van der Waals surface area contributed by atoms with Crippen LogP contribution in [0.2, 0.25) is 10.0 Å². The summed E-state index contributed by atoms with van der Waals surface area (Å²) in [4.78, 5) is 12.9. The van der Waals surface area contributed by atoms with Crippen molar-refractivity contribution in [1.29, 1.82) is 0 Å². The average Bonchev–Trinajstić information content (AvgIpc) is 2.89. The van der Waals surface area contributed by atoms with Crippen LogP contribution in [0.1, 0.15) is 29.8 Å². The third-order valence-corrected chi connectivity index (χ3v) is 7.21. The topological polar surface area (TPSA) is 140 Å². The van der Waals surface area contributed by atoms with E-state index in [1.807, 2.05) is 0 Å². The Bertz CT molecular complexity index is 1730. The normalized spacial score (nSPS) is 11.4. The second-order valence-electron chi connectivity index (χ2n) is 8.26. The van der Waals surface area contributed by atoms with Gasteiger partial charge in [0.1, 0.15) is 17.1 Å². The number of hydrogen-bond acceptors (Lipinski definition) is 7. The number of para-hydroxylation sites is 1. The predicted molar refractivity (Wildman–Crippen MR) is 149 cm³/mol. The van der Waals surface area contributed by atoms with Crippen molar-refractivity contribution in [2.75, 3.05) is 11.9 Å². The van der Waals surface area contributed by atoms with Crippen molar-refractivity contribution in [3.05, 3.63) is 81.8 Å². The minimum atomic E-state index is -4.50. The molecule has 0 aliphatic heterocycles. The van der Waals surface area contributed by atoms with Crippen molar-refractivity contribution in [3.8, 4) is 11.5 Å². The zero-order chi connectivity index (χ0) is 28.3. The Morgan fingerprint density at radius 1 is 1.00 bits per heavy atom. The van der Waals surface area contributed by atoms with Crippen molar-refractivity contribution in [1.82, 2.24) is 0 Å². The second-order valence-corrected chi connectivity index (χ2v) is 10.5. The molecule has 0 saturated heterocycles. The van der Waals surface area contributed by atoms with Crippen LogP contribution in [0.3, 0.4) is 0 Å². The Hall–Kier alpha value is -2.70. The molecule has 202 valence electrons. The van der Waals surface area contributed by atoms with Gasteiger partial charge in [-0.25, -0.2) is 0 Å². The molecule has 0 fully saturated rings. The molecule has 0 unspecified atom stereocenters. The Labute approximate surface area is 263 Å². The number of benzene rings is 4. The van der Waals surface area contributed by atoms with Crippen molar-refractivity contribution < 1.29 is 57.2 Å². The number of amides is 1. The van der Waals surface area contributed by atoms with Crippen LogP contribution in [0, 0.1) is 0 Å². The van der Waals surface area contributed by atoms with Gasteiger partial charge in [-0.3, -0.25) is 9.35 Å². The molecule has 4 aromatic rings. The first-order chi connectivity index (χ1) is 18.5. The number of anilines is 1. The fraction of sp³-hybridized carbons (Fsp3) is 0.148. The van der Waals surface area contributed by atoms with E-state index in [1.54, 1.807) is 56.3 Å². The van der Waals surface area contributed by atoms with Gasteiger partial charge in [0.25, 0.3) is 16.0 Å². The van der Waals surface area contributed by atoms with E-state index in [0.29, 0.717) is 35.1 Å². The summed E-state index contributed by atoms with van der Waals surface area (Å²) in [5.41, 5.74) is 0.419. The molecule has 0 spiro atoms. The first-order valence-corrected chi connectivity index (χ1v) is 13.9. The van der Waals surface area contributed by atoms with Crippen molar-refractivity contribution in [2.24, 2.45) is 10.2 Å². The number of nitrogens with zero attached hydrogens (tertiary/aromatic N) is 2. The van der Waals surface area contributed by atoms with E-state index in [0.717, 1.165) is 6.07 Å². The summed E-state index contributed by atoms with van der Waals surface area (Å²) in [7, 11) is -4.50. The largest absolute Gasteiger partial charge is 1.00 e. The van der Waals surface area contributed by atoms with Crippen molar-refractivity contribution >= 4 is 67.1 Å². The van der Waals surface area contributed by atoms with Crippen LogP contribution in [0.5, 0.6) is 11.5 Å². The number of azo groups is 1. The van der Waals surface area contributed by atoms with Gasteiger partial charge in [-0.2, -0.15) is 13.5 Å². The maximum Gasteiger partial charge on any atom is 1.00 e. The zero-order valence-electron chi connectivity index (χ0n) is 21.7. The molecular formula is C27H22Cl2N3NaO6S. The summed E-state index contributed by atoms with van der Waals surface area (Å²) in [5.74, 6) is -1.06. The zero-order valence-corrected chi connectivity index (χ0v) is 26.1. The standard InChI is InChI=1S/C27H23Cl2N3O6S.Na/c1-3-15-12-17(39(35,36)37)14-21(29)23(15)31-32-24-18-9-6-5-8-16(18)13-19(26(24)33)27(34)30-25-20(28)10-7-11-22(25)38-4-2;/h5-14,33H,3-4H2,1-2H3,(H,30,34)(H,35,36,37);/q;+1/p-1. The minimum absolute atomic E-state index is 0. The molecule has 9 nitrogen and oxygen atoms in total. The summed E-state index contributed by atoms with van der Waals surface area (Å²) in [6.45, 7) is 3.86. The van der Waals surface area contributed by atoms with Crippen LogP contribution in [0.15, 0.2) is 75.8 Å². The molecule has 40 heavy (non-hydrogen) atoms. The van der Waals surface area contributed by atoms with Gasteiger partial charge in [0.05, 0.1) is 27.2 Å². The number of carbonyl (C=O) groups excluding carboxylic acids is 1. The first kappa shape index (κ1) is 31.8. The van der Waals surface area contributed by atoms with E-state index >= 15 is 0 Å². The quantitative estimate of drug-likeness (QED) is 0.175. The number of nitrogens with one attached hydrogen (secondary N) is 1. The van der Waals surface area contributed by atoms with E-state index in [9.17, 15) is 22.9 Å². The van der Waals surface area contributed by atoms with Gasteiger partial charge in [-0.05, 0) is 54.6 Å². The van der Waals surface area contributed by atoms with E-state index in [-0.39, 0.29) is 67.1 Å². The number of aryl methyl sites for hydroxylation is 1. The van der Waals surface area contributed by atoms with Crippen molar-refractivity contribution in [3.63, 3.8) is 0 Å². The summed E-state index contributed by atoms with van der Waals surface area (Å²) in [5, 5.41) is 25.7. The molecule has 0 aliphatic rings. The second kappa shape index (κ2) is 13.3. The van der Waals surface area contributed by atoms with E-state index < -0.39 is 21.8 Å². The fourth-order valence-electron chi connectivity index (χ4n) is 3.92. The Morgan fingerprint density at radius 2 is 1.70 bits per heavy atom. The van der Waals surface area contributed by atoms with E-state index in [2.05, 4.69) is 15.5 Å². The minimum Gasteiger partial charge on any atom is -0.870 e. The smallest absolute Gasteiger partial charge is 0.870 e. The third-order valence-electron chi connectivity index (χ3n) is 5.78. The molecule has 0 saturated carbocycles. The van der Waals surface area contributed by atoms with Crippen LogP contribution in [0.25, 0.3) is 10.8 Å². The molecule has 1 amide bonds. The van der Waals surface area contributed by atoms with E-state index in [1.165, 1.54) is 12.1 Å². The van der Waals surface area contributed by atoms with Gasteiger partial charge in [0.2, 0.25) is 0 Å². The Kier molecular flexibility index (Phi) is 10.6. The summed E-state index contributed by atoms with van der Waals surface area (Å²) in [6.07, 6.45) is 0.310. The monoisotopic (exact) mass is 609 g/mol. The first-order valence-electron chi connectivity index (χ1n) is 11.7. The average molecular weight is 610 g/mol. The summed E-state index contributed by atoms with van der Waals surface area (Å²) >= 11 is 12.6. The fourth-order valence-corrected chi connectivity index (χ4v) is 5.03. The number of carbonyl (C=O) groups is 1.